The van der Waals surface area contributed by atoms with Gasteiger partial charge in [0.2, 0.25) is 11.1 Å². The molecule has 2 aromatic rings. The van der Waals surface area contributed by atoms with Crippen molar-refractivity contribution < 1.29 is 9.59 Å². The van der Waals surface area contributed by atoms with Crippen LogP contribution in [0.25, 0.3) is 5.69 Å². The van der Waals surface area contributed by atoms with Crippen molar-refractivity contribution in [3.8, 4) is 5.69 Å². The molecule has 1 heterocycles. The summed E-state index contributed by atoms with van der Waals surface area (Å²) in [5.41, 5.74) is 7.13. The molecule has 8 nitrogen and oxygen atoms in total. The predicted octanol–water partition coefficient (Wildman–Crippen LogP) is 2.32. The van der Waals surface area contributed by atoms with Crippen LogP contribution in [-0.4, -0.2) is 37.4 Å². The topological polar surface area (TPSA) is 116 Å². The molecule has 0 radical (unpaired) electrons. The van der Waals surface area contributed by atoms with Gasteiger partial charge in [-0.1, -0.05) is 51.1 Å². The molecule has 0 aliphatic carbocycles. The third kappa shape index (κ3) is 5.29. The van der Waals surface area contributed by atoms with Gasteiger partial charge >= 0.3 is 6.03 Å². The number of aryl methyl sites for hydroxylation is 1. The summed E-state index contributed by atoms with van der Waals surface area (Å²) in [4.78, 5) is 23.2. The number of unbranched alkanes of at least 4 members (excludes halogenated alkanes) is 1. The second-order valence-electron chi connectivity index (χ2n) is 6.28. The van der Waals surface area contributed by atoms with Gasteiger partial charge in [0.15, 0.2) is 0 Å². The second-order valence-corrected chi connectivity index (χ2v) is 7.39. The Morgan fingerprint density at radius 3 is 2.54 bits per heavy atom. The maximum absolute atomic E-state index is 12.2. The number of benzene rings is 1. The zero-order valence-electron chi connectivity index (χ0n) is 15.2. The Morgan fingerprint density at radius 1 is 1.27 bits per heavy atom. The first-order chi connectivity index (χ1) is 12.4. The van der Waals surface area contributed by atoms with Crippen LogP contribution >= 0.6 is 11.8 Å². The lowest BCUT2D eigenvalue weighted by Gasteiger charge is -2.18. The van der Waals surface area contributed by atoms with Gasteiger partial charge < -0.3 is 5.73 Å². The molecule has 0 bridgehead atoms. The fourth-order valence-corrected chi connectivity index (χ4v) is 3.39. The number of hydrogen-bond acceptors (Lipinski definition) is 6. The Bertz CT molecular complexity index is 744. The maximum atomic E-state index is 12.2. The lowest BCUT2D eigenvalue weighted by Crippen LogP contribution is -2.42. The Morgan fingerprint density at radius 2 is 1.96 bits per heavy atom. The first-order valence-corrected chi connectivity index (χ1v) is 9.45. The van der Waals surface area contributed by atoms with Gasteiger partial charge in [-0.3, -0.25) is 10.1 Å². The summed E-state index contributed by atoms with van der Waals surface area (Å²) in [5.74, 6) is -0.497. The molecule has 140 valence electrons. The van der Waals surface area contributed by atoms with Crippen LogP contribution in [0, 0.1) is 5.92 Å². The highest BCUT2D eigenvalue weighted by molar-refractivity contribution is 8.00. The van der Waals surface area contributed by atoms with Gasteiger partial charge in [-0.15, -0.1) is 5.10 Å². The number of rotatable bonds is 8. The number of nitrogens with two attached hydrogens (primary N) is 1. The number of aromatic nitrogens is 4. The Kier molecular flexibility index (Phi) is 7.14. The minimum atomic E-state index is -0.872. The van der Waals surface area contributed by atoms with E-state index in [1.54, 1.807) is 4.68 Å². The monoisotopic (exact) mass is 376 g/mol. The van der Waals surface area contributed by atoms with Crippen molar-refractivity contribution in [2.45, 2.75) is 50.4 Å². The molecule has 0 spiro atoms. The zero-order chi connectivity index (χ0) is 19.1. The van der Waals surface area contributed by atoms with Crippen LogP contribution in [0.5, 0.6) is 0 Å². The van der Waals surface area contributed by atoms with E-state index in [0.29, 0.717) is 5.16 Å². The smallest absolute Gasteiger partial charge is 0.318 e. The number of urea groups is 1. The molecule has 0 unspecified atom stereocenters. The summed E-state index contributed by atoms with van der Waals surface area (Å²) in [6.45, 7) is 5.93. The van der Waals surface area contributed by atoms with Gasteiger partial charge in [-0.05, 0) is 46.9 Å². The van der Waals surface area contributed by atoms with Crippen molar-refractivity contribution in [1.29, 1.82) is 0 Å². The molecule has 1 aromatic heterocycles. The largest absolute Gasteiger partial charge is 0.351 e. The summed E-state index contributed by atoms with van der Waals surface area (Å²) in [7, 11) is 0. The van der Waals surface area contributed by atoms with E-state index >= 15 is 0 Å². The SMILES string of the molecule is CCCCc1ccc(-n2nnnc2S[C@@H](C(=O)NC(N)=O)C(C)C)cc1. The van der Waals surface area contributed by atoms with Crippen LogP contribution < -0.4 is 11.1 Å². The first kappa shape index (κ1) is 19.9. The van der Waals surface area contributed by atoms with E-state index in [1.807, 2.05) is 26.0 Å². The van der Waals surface area contributed by atoms with E-state index in [2.05, 4.69) is 39.9 Å². The van der Waals surface area contributed by atoms with Crippen molar-refractivity contribution in [2.24, 2.45) is 11.7 Å². The normalized spacial score (nSPS) is 12.2. The molecule has 0 saturated carbocycles. The maximum Gasteiger partial charge on any atom is 0.318 e. The highest BCUT2D eigenvalue weighted by atomic mass is 32.2. The lowest BCUT2D eigenvalue weighted by atomic mass is 10.1. The number of carbonyl (C=O) groups is 2. The number of hydrogen-bond donors (Lipinski definition) is 2. The molecule has 1 atom stereocenters. The molecule has 2 rings (SSSR count). The van der Waals surface area contributed by atoms with Crippen molar-refractivity contribution in [1.82, 2.24) is 25.5 Å². The number of carbonyl (C=O) groups excluding carboxylic acids is 2. The second kappa shape index (κ2) is 9.33. The highest BCUT2D eigenvalue weighted by Crippen LogP contribution is 2.28. The van der Waals surface area contributed by atoms with Crippen molar-refractivity contribution in [3.63, 3.8) is 0 Å². The minimum Gasteiger partial charge on any atom is -0.351 e. The molecule has 0 aliphatic heterocycles. The molecular formula is C17H24N6O2S. The van der Waals surface area contributed by atoms with Gasteiger partial charge in [0, 0.05) is 0 Å². The summed E-state index contributed by atoms with van der Waals surface area (Å²) in [6, 6.07) is 7.16. The van der Waals surface area contributed by atoms with Crippen LogP contribution in [-0.2, 0) is 11.2 Å². The van der Waals surface area contributed by atoms with Crippen molar-refractivity contribution in [3.05, 3.63) is 29.8 Å². The summed E-state index contributed by atoms with van der Waals surface area (Å²) in [6.07, 6.45) is 3.34. The van der Waals surface area contributed by atoms with Gasteiger partial charge in [-0.2, -0.15) is 4.68 Å². The molecular weight excluding hydrogens is 352 g/mol. The Labute approximate surface area is 156 Å². The zero-order valence-corrected chi connectivity index (χ0v) is 16.0. The molecule has 3 amide bonds. The number of thioether (sulfide) groups is 1. The fraction of sp³-hybridized carbons (Fsp3) is 0.471. The molecule has 1 aromatic carbocycles. The summed E-state index contributed by atoms with van der Waals surface area (Å²) in [5, 5.41) is 13.8. The number of amides is 3. The standard InChI is InChI=1S/C17H24N6O2S/c1-4-5-6-12-7-9-13(10-8-12)23-17(20-21-22-23)26-14(11(2)3)15(24)19-16(18)25/h7-11,14H,4-6H2,1-3H3,(H3,18,19,24,25)/t14-/m1/s1. The predicted molar refractivity (Wildman–Crippen MR) is 100.0 cm³/mol. The molecule has 0 aliphatic rings. The minimum absolute atomic E-state index is 0.0408. The number of primary amides is 1. The number of nitrogens with one attached hydrogen (secondary N) is 1. The van der Waals surface area contributed by atoms with Crippen molar-refractivity contribution >= 4 is 23.7 Å². The third-order valence-electron chi connectivity index (χ3n) is 3.78. The first-order valence-electron chi connectivity index (χ1n) is 8.57. The third-order valence-corrected chi connectivity index (χ3v) is 5.26. The van der Waals surface area contributed by atoms with E-state index in [4.69, 9.17) is 5.73 Å². The van der Waals surface area contributed by atoms with Crippen LogP contribution in [0.3, 0.4) is 0 Å². The molecule has 9 heteroatoms. The van der Waals surface area contributed by atoms with Crippen molar-refractivity contribution in [2.75, 3.05) is 0 Å². The van der Waals surface area contributed by atoms with E-state index in [1.165, 1.54) is 17.3 Å². The quantitative estimate of drug-likeness (QED) is 0.683. The van der Waals surface area contributed by atoms with Crippen LogP contribution in [0.2, 0.25) is 0 Å². The van der Waals surface area contributed by atoms with E-state index in [0.717, 1.165) is 24.9 Å². The Hall–Kier alpha value is -2.42. The number of imide groups is 1. The van der Waals surface area contributed by atoms with Gasteiger partial charge in [0.05, 0.1) is 10.9 Å². The molecule has 0 saturated heterocycles. The molecule has 0 fully saturated rings. The average molecular weight is 376 g/mol. The van der Waals surface area contributed by atoms with E-state index < -0.39 is 17.2 Å². The van der Waals surface area contributed by atoms with Gasteiger partial charge in [-0.25, -0.2) is 4.79 Å². The molecule has 26 heavy (non-hydrogen) atoms. The highest BCUT2D eigenvalue weighted by Gasteiger charge is 2.27. The number of tetrazole rings is 1. The summed E-state index contributed by atoms with van der Waals surface area (Å²) < 4.78 is 1.58. The van der Waals surface area contributed by atoms with Gasteiger partial charge in [0.1, 0.15) is 0 Å². The average Bonchev–Trinajstić information content (AvgIpc) is 3.05. The fourth-order valence-electron chi connectivity index (χ4n) is 2.40. The molecule has 3 N–H and O–H groups in total. The van der Waals surface area contributed by atoms with E-state index in [9.17, 15) is 9.59 Å². The van der Waals surface area contributed by atoms with Crippen LogP contribution in [0.1, 0.15) is 39.2 Å². The number of nitrogens with zero attached hydrogens (tertiary/aromatic N) is 4. The lowest BCUT2D eigenvalue weighted by molar-refractivity contribution is -0.120. The van der Waals surface area contributed by atoms with Crippen LogP contribution in [0.4, 0.5) is 4.79 Å². The van der Waals surface area contributed by atoms with Crippen LogP contribution in [0.15, 0.2) is 29.4 Å². The van der Waals surface area contributed by atoms with E-state index in [-0.39, 0.29) is 5.92 Å². The Balaban J connectivity index is 2.18. The summed E-state index contributed by atoms with van der Waals surface area (Å²) >= 11 is 1.20. The van der Waals surface area contributed by atoms with Gasteiger partial charge in [0.25, 0.3) is 0 Å².